The number of carboxylic acid groups (broad SMARTS) is 1. The van der Waals surface area contributed by atoms with Gasteiger partial charge in [-0.25, -0.2) is 9.59 Å². The minimum absolute atomic E-state index is 0.158. The highest BCUT2D eigenvalue weighted by Crippen LogP contribution is 2.42. The minimum Gasteiger partial charge on any atom is -0.496 e. The molecule has 0 heterocycles. The molecule has 0 saturated heterocycles. The van der Waals surface area contributed by atoms with E-state index >= 15 is 0 Å². The fourth-order valence-corrected chi connectivity index (χ4v) is 5.43. The Morgan fingerprint density at radius 2 is 1.80 bits per heavy atom. The molecule has 2 aromatic rings. The predicted molar refractivity (Wildman–Crippen MR) is 153 cm³/mol. The maximum atomic E-state index is 13.8. The van der Waals surface area contributed by atoms with Gasteiger partial charge >= 0.3 is 12.0 Å². The highest BCUT2D eigenvalue weighted by atomic mass is 16.5. The monoisotopic (exact) mass is 556 g/mol. The summed E-state index contributed by atoms with van der Waals surface area (Å²) < 4.78 is 23.1. The lowest BCUT2D eigenvalue weighted by atomic mass is 9.74. The molecule has 1 aliphatic rings. The number of carbonyl (C=O) groups excluding carboxylic acids is 1. The maximum absolute atomic E-state index is 13.8. The van der Waals surface area contributed by atoms with Crippen LogP contribution in [0.5, 0.6) is 11.5 Å². The van der Waals surface area contributed by atoms with Crippen LogP contribution in [-0.4, -0.2) is 67.6 Å². The Hall–Kier alpha value is -3.30. The number of carboxylic acids is 1. The van der Waals surface area contributed by atoms with Crippen molar-refractivity contribution < 1.29 is 33.6 Å². The first kappa shape index (κ1) is 31.2. The van der Waals surface area contributed by atoms with Crippen LogP contribution in [-0.2, 0) is 20.9 Å². The molecule has 40 heavy (non-hydrogen) atoms. The number of nitrogens with zero attached hydrogens (tertiary/aromatic N) is 1. The van der Waals surface area contributed by atoms with Gasteiger partial charge in [0, 0.05) is 31.6 Å². The van der Waals surface area contributed by atoms with Crippen molar-refractivity contribution >= 4 is 12.0 Å². The number of hydrogen-bond acceptors (Lipinski definition) is 6. The van der Waals surface area contributed by atoms with Gasteiger partial charge < -0.3 is 34.3 Å². The Labute approximate surface area is 237 Å². The van der Waals surface area contributed by atoms with Crippen molar-refractivity contribution in [1.82, 2.24) is 10.2 Å². The number of benzene rings is 2. The molecule has 0 radical (unpaired) electrons. The normalized spacial score (nSPS) is 19.1. The van der Waals surface area contributed by atoms with Crippen LogP contribution in [0, 0.1) is 6.92 Å². The molecule has 2 N–H and O–H groups in total. The smallest absolute Gasteiger partial charge is 0.329 e. The van der Waals surface area contributed by atoms with Crippen molar-refractivity contribution in [3.8, 4) is 11.5 Å². The van der Waals surface area contributed by atoms with Crippen LogP contribution in [0.4, 0.5) is 4.79 Å². The molecule has 1 atom stereocenters. The second kappa shape index (κ2) is 13.9. The number of urea groups is 1. The van der Waals surface area contributed by atoms with Crippen LogP contribution in [0.2, 0.25) is 0 Å². The second-order valence-corrected chi connectivity index (χ2v) is 10.6. The van der Waals surface area contributed by atoms with Gasteiger partial charge in [-0.3, -0.25) is 0 Å². The molecule has 1 unspecified atom stereocenters. The molecule has 2 amide bonds. The Morgan fingerprint density at radius 3 is 2.35 bits per heavy atom. The molecule has 0 bridgehead atoms. The van der Waals surface area contributed by atoms with Crippen LogP contribution in [0.25, 0.3) is 0 Å². The zero-order valence-electron chi connectivity index (χ0n) is 24.8. The lowest BCUT2D eigenvalue weighted by molar-refractivity contribution is -0.156. The van der Waals surface area contributed by atoms with E-state index in [4.69, 9.17) is 18.9 Å². The van der Waals surface area contributed by atoms with E-state index in [-0.39, 0.29) is 38.0 Å². The third kappa shape index (κ3) is 6.88. The first-order chi connectivity index (χ1) is 19.1. The highest BCUT2D eigenvalue weighted by molar-refractivity contribution is 5.87. The van der Waals surface area contributed by atoms with Crippen molar-refractivity contribution in [3.05, 3.63) is 58.7 Å². The van der Waals surface area contributed by atoms with Gasteiger partial charge in [-0.1, -0.05) is 44.2 Å². The molecule has 2 aromatic carbocycles. The number of carbonyl (C=O) groups is 2. The molecule has 1 aliphatic carbocycles. The number of rotatable bonds is 14. The summed E-state index contributed by atoms with van der Waals surface area (Å²) >= 11 is 0. The fourth-order valence-electron chi connectivity index (χ4n) is 5.43. The molecule has 0 aliphatic heterocycles. The van der Waals surface area contributed by atoms with Crippen molar-refractivity contribution in [3.63, 3.8) is 0 Å². The van der Waals surface area contributed by atoms with Crippen LogP contribution in [0.1, 0.15) is 74.8 Å². The number of nitrogens with one attached hydrogen (secondary N) is 1. The molecule has 0 spiro atoms. The lowest BCUT2D eigenvalue weighted by Crippen LogP contribution is -2.66. The Bertz CT molecular complexity index is 1150. The zero-order chi connectivity index (χ0) is 29.4. The summed E-state index contributed by atoms with van der Waals surface area (Å²) in [6.07, 6.45) is 0.248. The third-order valence-electron chi connectivity index (χ3n) is 7.65. The van der Waals surface area contributed by atoms with E-state index in [0.29, 0.717) is 19.0 Å². The van der Waals surface area contributed by atoms with E-state index in [1.165, 1.54) is 0 Å². The Morgan fingerprint density at radius 1 is 1.12 bits per heavy atom. The van der Waals surface area contributed by atoms with Crippen molar-refractivity contribution in [2.24, 2.45) is 0 Å². The molecular formula is C31H44N2O7. The lowest BCUT2D eigenvalue weighted by Gasteiger charge is -2.45. The van der Waals surface area contributed by atoms with Crippen molar-refractivity contribution in [1.29, 1.82) is 0 Å². The van der Waals surface area contributed by atoms with E-state index in [9.17, 15) is 14.7 Å². The molecule has 0 aromatic heterocycles. The van der Waals surface area contributed by atoms with E-state index in [0.717, 1.165) is 28.0 Å². The molecule has 1 fully saturated rings. The predicted octanol–water partition coefficient (Wildman–Crippen LogP) is 5.45. The van der Waals surface area contributed by atoms with Gasteiger partial charge in [-0.15, -0.1) is 0 Å². The first-order valence-electron chi connectivity index (χ1n) is 13.9. The average Bonchev–Trinajstić information content (AvgIpc) is 2.91. The summed E-state index contributed by atoms with van der Waals surface area (Å²) in [6, 6.07) is 10.8. The number of methoxy groups -OCH3 is 2. The number of hydrogen-bond donors (Lipinski definition) is 2. The van der Waals surface area contributed by atoms with Gasteiger partial charge in [0.2, 0.25) is 0 Å². The van der Waals surface area contributed by atoms with E-state index < -0.39 is 23.6 Å². The average molecular weight is 557 g/mol. The largest absolute Gasteiger partial charge is 0.496 e. The zero-order valence-corrected chi connectivity index (χ0v) is 24.8. The molecule has 3 rings (SSSR count). The van der Waals surface area contributed by atoms with Crippen molar-refractivity contribution in [2.75, 3.05) is 34.0 Å². The molecule has 9 heteroatoms. The quantitative estimate of drug-likeness (QED) is 0.298. The van der Waals surface area contributed by atoms with Gasteiger partial charge in [0.25, 0.3) is 0 Å². The van der Waals surface area contributed by atoms with E-state index in [2.05, 4.69) is 19.2 Å². The summed E-state index contributed by atoms with van der Waals surface area (Å²) in [5, 5.41) is 12.8. The standard InChI is InChI=1S/C31H44N2O7/c1-8-40-24-17-31(18-24,29(34)35)32-30(36)33(14-15-39-19-23-12-10-9-11-13-23)22(5)25-16-26(37-6)27(20(2)3)28(38-7)21(25)4/h9-13,16,20,22,24H,8,14-15,17-19H2,1-7H3,(H,32,36)(H,34,35). The first-order valence-corrected chi connectivity index (χ1v) is 13.9. The van der Waals surface area contributed by atoms with Gasteiger partial charge in [-0.2, -0.15) is 0 Å². The molecule has 1 saturated carbocycles. The van der Waals surface area contributed by atoms with Crippen LogP contribution >= 0.6 is 0 Å². The summed E-state index contributed by atoms with van der Waals surface area (Å²) in [5.41, 5.74) is 2.37. The van der Waals surface area contributed by atoms with Crippen LogP contribution < -0.4 is 14.8 Å². The maximum Gasteiger partial charge on any atom is 0.329 e. The molecule has 9 nitrogen and oxygen atoms in total. The molecular weight excluding hydrogens is 512 g/mol. The van der Waals surface area contributed by atoms with E-state index in [1.54, 1.807) is 19.1 Å². The fraction of sp³-hybridized carbons (Fsp3) is 0.548. The summed E-state index contributed by atoms with van der Waals surface area (Å²) in [4.78, 5) is 27.7. The van der Waals surface area contributed by atoms with Gasteiger partial charge in [0.1, 0.15) is 17.0 Å². The summed E-state index contributed by atoms with van der Waals surface area (Å²) in [5.74, 6) is 0.495. The topological polar surface area (TPSA) is 107 Å². The van der Waals surface area contributed by atoms with Crippen LogP contribution in [0.3, 0.4) is 0 Å². The van der Waals surface area contributed by atoms with Crippen molar-refractivity contribution in [2.45, 2.75) is 77.7 Å². The number of ether oxygens (including phenoxy) is 4. The van der Waals surface area contributed by atoms with Gasteiger partial charge in [0.05, 0.1) is 39.6 Å². The Kier molecular flexibility index (Phi) is 10.8. The molecule has 220 valence electrons. The summed E-state index contributed by atoms with van der Waals surface area (Å²) in [7, 11) is 3.25. The van der Waals surface area contributed by atoms with E-state index in [1.807, 2.05) is 57.2 Å². The van der Waals surface area contributed by atoms with Gasteiger partial charge in [0.15, 0.2) is 0 Å². The highest BCUT2D eigenvalue weighted by Gasteiger charge is 2.53. The summed E-state index contributed by atoms with van der Waals surface area (Å²) in [6.45, 7) is 11.3. The number of aliphatic carboxylic acids is 1. The Balaban J connectivity index is 1.90. The number of amides is 2. The SMILES string of the molecule is CCOC1CC(NC(=O)N(CCOCc2ccccc2)C(C)c2cc(OC)c(C(C)C)c(OC)c2C)(C(=O)O)C1. The minimum atomic E-state index is -1.37. The second-order valence-electron chi connectivity index (χ2n) is 10.6. The third-order valence-corrected chi connectivity index (χ3v) is 7.65. The van der Waals surface area contributed by atoms with Gasteiger partial charge in [-0.05, 0) is 49.4 Å². The van der Waals surface area contributed by atoms with Crippen LogP contribution in [0.15, 0.2) is 36.4 Å².